The van der Waals surface area contributed by atoms with Crippen molar-refractivity contribution >= 4 is 28.2 Å². The van der Waals surface area contributed by atoms with Crippen LogP contribution >= 0.6 is 11.3 Å². The molecule has 1 aromatic heterocycles. The third kappa shape index (κ3) is 2.77. The zero-order chi connectivity index (χ0) is 10.6. The van der Waals surface area contributed by atoms with Crippen molar-refractivity contribution in [2.24, 2.45) is 0 Å². The van der Waals surface area contributed by atoms with Crippen molar-refractivity contribution in [1.29, 1.82) is 0 Å². The summed E-state index contributed by atoms with van der Waals surface area (Å²) in [5.74, 6) is -0.343. The van der Waals surface area contributed by atoms with Crippen LogP contribution in [0.1, 0.15) is 24.3 Å². The molecule has 0 aromatic carbocycles. The Morgan fingerprint density at radius 2 is 2.29 bits per heavy atom. The van der Waals surface area contributed by atoms with Crippen molar-refractivity contribution in [3.05, 3.63) is 23.2 Å². The smallest absolute Gasteiger partial charge is 0.249 e. The van der Waals surface area contributed by atoms with E-state index in [0.717, 1.165) is 0 Å². The standard InChI is InChI=1S/C9H10N2O2S/c1-3-4-8(13)11-9-10-7(5-14-9)6(2)12/h3-5H,1-2H3,(H,10,11,13). The molecule has 0 bridgehead atoms. The fourth-order valence-corrected chi connectivity index (χ4v) is 1.54. The van der Waals surface area contributed by atoms with E-state index in [1.165, 1.54) is 24.3 Å². The molecule has 0 saturated carbocycles. The number of hydrogen-bond donors (Lipinski definition) is 1. The van der Waals surface area contributed by atoms with E-state index < -0.39 is 0 Å². The van der Waals surface area contributed by atoms with E-state index in [2.05, 4.69) is 10.3 Å². The first-order valence-corrected chi connectivity index (χ1v) is 4.91. The Morgan fingerprint density at radius 3 is 2.79 bits per heavy atom. The summed E-state index contributed by atoms with van der Waals surface area (Å²) < 4.78 is 0. The van der Waals surface area contributed by atoms with Crippen LogP contribution in [0.4, 0.5) is 5.13 Å². The first-order valence-electron chi connectivity index (χ1n) is 4.03. The van der Waals surface area contributed by atoms with Gasteiger partial charge in [0.05, 0.1) is 0 Å². The zero-order valence-corrected chi connectivity index (χ0v) is 8.72. The molecule has 0 atom stereocenters. The van der Waals surface area contributed by atoms with Crippen LogP contribution in [0.15, 0.2) is 17.5 Å². The van der Waals surface area contributed by atoms with Crippen LogP contribution < -0.4 is 5.32 Å². The van der Waals surface area contributed by atoms with Crippen LogP contribution in [-0.2, 0) is 4.79 Å². The minimum Gasteiger partial charge on any atom is -0.298 e. The number of Topliss-reactive ketones (excluding diaryl/α,β-unsaturated/α-hetero) is 1. The number of thiazole rings is 1. The van der Waals surface area contributed by atoms with E-state index in [1.807, 2.05) is 0 Å². The van der Waals surface area contributed by atoms with Crippen molar-refractivity contribution in [3.8, 4) is 0 Å². The van der Waals surface area contributed by atoms with Crippen LogP contribution in [-0.4, -0.2) is 16.7 Å². The third-order valence-corrected chi connectivity index (χ3v) is 2.17. The average molecular weight is 210 g/mol. The summed E-state index contributed by atoms with van der Waals surface area (Å²) in [5, 5.41) is 4.61. The van der Waals surface area contributed by atoms with Crippen molar-refractivity contribution < 1.29 is 9.59 Å². The van der Waals surface area contributed by atoms with Gasteiger partial charge in [0.2, 0.25) is 5.91 Å². The van der Waals surface area contributed by atoms with Gasteiger partial charge in [0.15, 0.2) is 10.9 Å². The maximum Gasteiger partial charge on any atom is 0.249 e. The Morgan fingerprint density at radius 1 is 1.57 bits per heavy atom. The van der Waals surface area contributed by atoms with Crippen LogP contribution in [0, 0.1) is 0 Å². The largest absolute Gasteiger partial charge is 0.298 e. The molecule has 0 aliphatic carbocycles. The molecule has 0 aliphatic rings. The predicted octanol–water partition coefficient (Wildman–Crippen LogP) is 1.86. The van der Waals surface area contributed by atoms with E-state index in [1.54, 1.807) is 18.4 Å². The second-order valence-corrected chi connectivity index (χ2v) is 3.44. The molecule has 4 nitrogen and oxygen atoms in total. The molecular weight excluding hydrogens is 200 g/mol. The van der Waals surface area contributed by atoms with Gasteiger partial charge in [0.25, 0.3) is 0 Å². The number of allylic oxidation sites excluding steroid dienone is 1. The van der Waals surface area contributed by atoms with Crippen molar-refractivity contribution in [3.63, 3.8) is 0 Å². The van der Waals surface area contributed by atoms with E-state index in [0.29, 0.717) is 10.8 Å². The van der Waals surface area contributed by atoms with Crippen molar-refractivity contribution in [1.82, 2.24) is 4.98 Å². The lowest BCUT2D eigenvalue weighted by Crippen LogP contribution is -2.07. The maximum atomic E-state index is 11.1. The number of ketones is 1. The summed E-state index contributed by atoms with van der Waals surface area (Å²) in [6.45, 7) is 3.19. The molecule has 0 fully saturated rings. The molecule has 0 unspecified atom stereocenters. The molecule has 1 aromatic rings. The average Bonchev–Trinajstić information content (AvgIpc) is 2.53. The molecule has 74 valence electrons. The summed E-state index contributed by atoms with van der Waals surface area (Å²) in [6.07, 6.45) is 3.03. The van der Waals surface area contributed by atoms with Gasteiger partial charge < -0.3 is 0 Å². The van der Waals surface area contributed by atoms with Crippen LogP contribution in [0.2, 0.25) is 0 Å². The first kappa shape index (κ1) is 10.6. The molecule has 0 aliphatic heterocycles. The van der Waals surface area contributed by atoms with E-state index in [-0.39, 0.29) is 11.7 Å². The van der Waals surface area contributed by atoms with E-state index in [9.17, 15) is 9.59 Å². The van der Waals surface area contributed by atoms with Gasteiger partial charge in [-0.1, -0.05) is 6.08 Å². The molecule has 1 rings (SSSR count). The third-order valence-electron chi connectivity index (χ3n) is 1.41. The van der Waals surface area contributed by atoms with Gasteiger partial charge in [0.1, 0.15) is 5.69 Å². The van der Waals surface area contributed by atoms with E-state index >= 15 is 0 Å². The Bertz CT molecular complexity index is 382. The minimum atomic E-state index is -0.239. The number of nitrogens with zero attached hydrogens (tertiary/aromatic N) is 1. The van der Waals surface area contributed by atoms with Crippen LogP contribution in [0.25, 0.3) is 0 Å². The normalized spacial score (nSPS) is 10.4. The molecule has 0 saturated heterocycles. The van der Waals surface area contributed by atoms with Gasteiger partial charge in [0, 0.05) is 12.3 Å². The highest BCUT2D eigenvalue weighted by Gasteiger charge is 2.06. The Hall–Kier alpha value is -1.49. The lowest BCUT2D eigenvalue weighted by atomic mass is 10.4. The summed E-state index contributed by atoms with van der Waals surface area (Å²) in [5.41, 5.74) is 0.380. The number of amides is 1. The first-order chi connectivity index (χ1) is 6.63. The number of carbonyl (C=O) groups excluding carboxylic acids is 2. The minimum absolute atomic E-state index is 0.104. The highest BCUT2D eigenvalue weighted by molar-refractivity contribution is 7.14. The summed E-state index contributed by atoms with van der Waals surface area (Å²) in [4.78, 5) is 25.9. The number of nitrogens with one attached hydrogen (secondary N) is 1. The van der Waals surface area contributed by atoms with Gasteiger partial charge >= 0.3 is 0 Å². The highest BCUT2D eigenvalue weighted by atomic mass is 32.1. The Labute approximate surface area is 85.7 Å². The number of rotatable bonds is 3. The molecule has 0 spiro atoms. The lowest BCUT2D eigenvalue weighted by molar-refractivity contribution is -0.111. The molecule has 1 heterocycles. The molecular formula is C9H10N2O2S. The second-order valence-electron chi connectivity index (χ2n) is 2.58. The second kappa shape index (κ2) is 4.66. The number of aromatic nitrogens is 1. The summed E-state index contributed by atoms with van der Waals surface area (Å²) in [7, 11) is 0. The fourth-order valence-electron chi connectivity index (χ4n) is 0.791. The predicted molar refractivity (Wildman–Crippen MR) is 55.6 cm³/mol. The quantitative estimate of drug-likeness (QED) is 0.612. The van der Waals surface area contributed by atoms with Crippen molar-refractivity contribution in [2.45, 2.75) is 13.8 Å². The van der Waals surface area contributed by atoms with Gasteiger partial charge in [-0.25, -0.2) is 4.98 Å². The highest BCUT2D eigenvalue weighted by Crippen LogP contribution is 2.15. The number of carbonyl (C=O) groups is 2. The van der Waals surface area contributed by atoms with Crippen LogP contribution in [0.3, 0.4) is 0 Å². The topological polar surface area (TPSA) is 59.1 Å². The SMILES string of the molecule is CC=CC(=O)Nc1nc(C(C)=O)cs1. The van der Waals surface area contributed by atoms with E-state index in [4.69, 9.17) is 0 Å². The maximum absolute atomic E-state index is 11.1. The molecule has 1 amide bonds. The monoisotopic (exact) mass is 210 g/mol. The Kier molecular flexibility index (Phi) is 3.53. The Balaban J connectivity index is 2.69. The molecule has 14 heavy (non-hydrogen) atoms. The number of anilines is 1. The van der Waals surface area contributed by atoms with Crippen LogP contribution in [0.5, 0.6) is 0 Å². The van der Waals surface area contributed by atoms with Gasteiger partial charge in [-0.15, -0.1) is 11.3 Å². The summed E-state index contributed by atoms with van der Waals surface area (Å²) in [6, 6.07) is 0. The van der Waals surface area contributed by atoms with Gasteiger partial charge in [-0.05, 0) is 13.0 Å². The van der Waals surface area contributed by atoms with Gasteiger partial charge in [-0.3, -0.25) is 14.9 Å². The fraction of sp³-hybridized carbons (Fsp3) is 0.222. The number of hydrogen-bond acceptors (Lipinski definition) is 4. The summed E-state index contributed by atoms with van der Waals surface area (Å²) >= 11 is 1.23. The zero-order valence-electron chi connectivity index (χ0n) is 7.90. The lowest BCUT2D eigenvalue weighted by Gasteiger charge is -1.93. The van der Waals surface area contributed by atoms with Crippen molar-refractivity contribution in [2.75, 3.05) is 5.32 Å². The molecule has 1 N–H and O–H groups in total. The van der Waals surface area contributed by atoms with Gasteiger partial charge in [-0.2, -0.15) is 0 Å². The molecule has 0 radical (unpaired) electrons. The molecule has 5 heteroatoms.